The highest BCUT2D eigenvalue weighted by atomic mass is 16.5. The zero-order valence-electron chi connectivity index (χ0n) is 14.8. The number of aliphatic hydroxyl groups excluding tert-OH is 1. The van der Waals surface area contributed by atoms with Crippen molar-refractivity contribution < 1.29 is 14.6 Å². The van der Waals surface area contributed by atoms with Gasteiger partial charge in [-0.05, 0) is 35.4 Å². The maximum Gasteiger partial charge on any atom is 0.261 e. The molecule has 27 heavy (non-hydrogen) atoms. The maximum absolute atomic E-state index is 12.3. The maximum atomic E-state index is 12.3. The minimum Gasteiger partial charge on any atom is -0.497 e. The van der Waals surface area contributed by atoms with E-state index >= 15 is 0 Å². The molecule has 1 unspecified atom stereocenters. The molecule has 1 heterocycles. The number of H-pyrrole nitrogens is 1. The number of rotatable bonds is 6. The van der Waals surface area contributed by atoms with Crippen molar-refractivity contribution in [2.24, 2.45) is 0 Å². The largest absolute Gasteiger partial charge is 0.497 e. The number of benzene rings is 2. The van der Waals surface area contributed by atoms with Crippen LogP contribution in [0.15, 0.2) is 71.5 Å². The van der Waals surface area contributed by atoms with Crippen LogP contribution in [0.1, 0.15) is 22.0 Å². The van der Waals surface area contributed by atoms with Gasteiger partial charge in [-0.25, -0.2) is 0 Å². The first-order valence-electron chi connectivity index (χ1n) is 8.47. The van der Waals surface area contributed by atoms with E-state index in [1.54, 1.807) is 37.4 Å². The highest BCUT2D eigenvalue weighted by Crippen LogP contribution is 2.17. The van der Waals surface area contributed by atoms with Gasteiger partial charge < -0.3 is 20.1 Å². The van der Waals surface area contributed by atoms with Gasteiger partial charge in [0, 0.05) is 12.2 Å². The lowest BCUT2D eigenvalue weighted by molar-refractivity contribution is 0.0915. The second-order valence-electron chi connectivity index (χ2n) is 5.98. The molecule has 0 saturated heterocycles. The summed E-state index contributed by atoms with van der Waals surface area (Å²) in [6, 6.07) is 19.4. The van der Waals surface area contributed by atoms with Gasteiger partial charge >= 0.3 is 0 Å². The van der Waals surface area contributed by atoms with Crippen molar-refractivity contribution >= 4 is 5.91 Å². The Kier molecular flexibility index (Phi) is 5.68. The molecule has 1 amide bonds. The van der Waals surface area contributed by atoms with Crippen molar-refractivity contribution in [3.63, 3.8) is 0 Å². The average molecular weight is 364 g/mol. The smallest absolute Gasteiger partial charge is 0.261 e. The molecule has 1 aromatic heterocycles. The van der Waals surface area contributed by atoms with E-state index in [1.807, 2.05) is 30.3 Å². The third kappa shape index (κ3) is 4.43. The van der Waals surface area contributed by atoms with Crippen LogP contribution in [0.2, 0.25) is 0 Å². The Balaban J connectivity index is 1.66. The van der Waals surface area contributed by atoms with Crippen LogP contribution in [0.3, 0.4) is 0 Å². The van der Waals surface area contributed by atoms with Crippen LogP contribution in [-0.4, -0.2) is 29.7 Å². The van der Waals surface area contributed by atoms with Crippen molar-refractivity contribution in [2.75, 3.05) is 13.7 Å². The van der Waals surface area contributed by atoms with Gasteiger partial charge in [0.25, 0.3) is 11.5 Å². The van der Waals surface area contributed by atoms with E-state index in [4.69, 9.17) is 4.74 Å². The number of amides is 1. The Labute approximate surface area is 156 Å². The minimum absolute atomic E-state index is 0.00314. The normalized spacial score (nSPS) is 11.6. The van der Waals surface area contributed by atoms with Crippen LogP contribution in [0, 0.1) is 0 Å². The number of carbonyl (C=O) groups is 1. The Morgan fingerprint density at radius 1 is 1.07 bits per heavy atom. The lowest BCUT2D eigenvalue weighted by Gasteiger charge is -2.13. The summed E-state index contributed by atoms with van der Waals surface area (Å²) >= 11 is 0. The van der Waals surface area contributed by atoms with Crippen LogP contribution in [0.25, 0.3) is 11.3 Å². The van der Waals surface area contributed by atoms with E-state index in [2.05, 4.69) is 10.3 Å². The van der Waals surface area contributed by atoms with Gasteiger partial charge in [0.1, 0.15) is 11.3 Å². The molecule has 6 nitrogen and oxygen atoms in total. The molecule has 0 bridgehead atoms. The standard InChI is InChI=1S/C21H20N2O4/c1-27-16-9-7-15(8-10-16)19(24)13-22-20(25)17-11-12-18(23-21(17)26)14-5-3-2-4-6-14/h2-12,19,24H,13H2,1H3,(H,22,25)(H,23,26). The second-order valence-corrected chi connectivity index (χ2v) is 5.98. The van der Waals surface area contributed by atoms with Gasteiger partial charge in [0.15, 0.2) is 0 Å². The monoisotopic (exact) mass is 364 g/mol. The molecule has 0 aliphatic rings. The first kappa shape index (κ1) is 18.4. The van der Waals surface area contributed by atoms with E-state index in [0.29, 0.717) is 17.0 Å². The topological polar surface area (TPSA) is 91.4 Å². The number of nitrogens with one attached hydrogen (secondary N) is 2. The Morgan fingerprint density at radius 2 is 1.78 bits per heavy atom. The molecule has 0 radical (unpaired) electrons. The van der Waals surface area contributed by atoms with E-state index in [1.165, 1.54) is 6.07 Å². The molecule has 6 heteroatoms. The quantitative estimate of drug-likeness (QED) is 0.627. The summed E-state index contributed by atoms with van der Waals surface area (Å²) in [5, 5.41) is 12.8. The van der Waals surface area contributed by atoms with Crippen molar-refractivity contribution in [1.29, 1.82) is 0 Å². The molecule has 0 fully saturated rings. The molecule has 0 aliphatic heterocycles. The van der Waals surface area contributed by atoms with Crippen LogP contribution < -0.4 is 15.6 Å². The van der Waals surface area contributed by atoms with Crippen LogP contribution in [-0.2, 0) is 0 Å². The number of carbonyl (C=O) groups excluding carboxylic acids is 1. The van der Waals surface area contributed by atoms with Gasteiger partial charge in [0.05, 0.1) is 13.2 Å². The zero-order valence-corrected chi connectivity index (χ0v) is 14.8. The molecule has 3 rings (SSSR count). The van der Waals surface area contributed by atoms with Crippen molar-refractivity contribution in [1.82, 2.24) is 10.3 Å². The second kappa shape index (κ2) is 8.33. The van der Waals surface area contributed by atoms with E-state index in [0.717, 1.165) is 5.56 Å². The highest BCUT2D eigenvalue weighted by Gasteiger charge is 2.14. The number of hydrogen-bond acceptors (Lipinski definition) is 4. The van der Waals surface area contributed by atoms with Crippen LogP contribution in [0.4, 0.5) is 0 Å². The first-order chi connectivity index (χ1) is 13.1. The molecule has 3 aromatic rings. The Bertz CT molecular complexity index is 965. The van der Waals surface area contributed by atoms with Gasteiger partial charge in [0.2, 0.25) is 0 Å². The summed E-state index contributed by atoms with van der Waals surface area (Å²) < 4.78 is 5.07. The molecule has 138 valence electrons. The number of aromatic nitrogens is 1. The zero-order chi connectivity index (χ0) is 19.2. The Morgan fingerprint density at radius 3 is 2.41 bits per heavy atom. The van der Waals surface area contributed by atoms with Crippen LogP contribution >= 0.6 is 0 Å². The minimum atomic E-state index is -0.887. The number of ether oxygens (including phenoxy) is 1. The summed E-state index contributed by atoms with van der Waals surface area (Å²) in [6.07, 6.45) is -0.887. The summed E-state index contributed by atoms with van der Waals surface area (Å²) in [4.78, 5) is 27.2. The third-order valence-electron chi connectivity index (χ3n) is 4.20. The third-order valence-corrected chi connectivity index (χ3v) is 4.20. The molecule has 1 atom stereocenters. The Hall–Kier alpha value is -3.38. The molecule has 0 spiro atoms. The van der Waals surface area contributed by atoms with Crippen molar-refractivity contribution in [3.05, 3.63) is 88.2 Å². The molecular formula is C21H20N2O4. The number of aliphatic hydroxyl groups is 1. The first-order valence-corrected chi connectivity index (χ1v) is 8.47. The molecule has 2 aromatic carbocycles. The predicted octanol–water partition coefficient (Wildman–Crippen LogP) is 2.51. The summed E-state index contributed by atoms with van der Waals surface area (Å²) in [5.74, 6) is 0.142. The van der Waals surface area contributed by atoms with E-state index in [9.17, 15) is 14.7 Å². The molecule has 0 aliphatic carbocycles. The van der Waals surface area contributed by atoms with E-state index in [-0.39, 0.29) is 12.1 Å². The van der Waals surface area contributed by atoms with Gasteiger partial charge in [-0.3, -0.25) is 9.59 Å². The lowest BCUT2D eigenvalue weighted by Crippen LogP contribution is -2.32. The molecule has 0 saturated carbocycles. The average Bonchev–Trinajstić information content (AvgIpc) is 2.72. The van der Waals surface area contributed by atoms with Gasteiger partial charge in [-0.2, -0.15) is 0 Å². The van der Waals surface area contributed by atoms with Crippen LogP contribution in [0.5, 0.6) is 5.75 Å². The lowest BCUT2D eigenvalue weighted by atomic mass is 10.1. The fourth-order valence-electron chi connectivity index (χ4n) is 2.67. The summed E-state index contributed by atoms with van der Waals surface area (Å²) in [7, 11) is 1.56. The fraction of sp³-hybridized carbons (Fsp3) is 0.143. The predicted molar refractivity (Wildman–Crippen MR) is 103 cm³/mol. The molecule has 3 N–H and O–H groups in total. The van der Waals surface area contributed by atoms with Gasteiger partial charge in [-0.1, -0.05) is 42.5 Å². The summed E-state index contributed by atoms with van der Waals surface area (Å²) in [5.41, 5.74) is 1.65. The van der Waals surface area contributed by atoms with Crippen molar-refractivity contribution in [3.8, 4) is 17.0 Å². The van der Waals surface area contributed by atoms with E-state index < -0.39 is 17.6 Å². The van der Waals surface area contributed by atoms with Crippen molar-refractivity contribution in [2.45, 2.75) is 6.10 Å². The number of pyridine rings is 1. The highest BCUT2D eigenvalue weighted by molar-refractivity contribution is 5.94. The molecular weight excluding hydrogens is 344 g/mol. The summed E-state index contributed by atoms with van der Waals surface area (Å²) in [6.45, 7) is -0.00889. The number of aromatic amines is 1. The SMILES string of the molecule is COc1ccc(C(O)CNC(=O)c2ccc(-c3ccccc3)[nH]c2=O)cc1. The fourth-order valence-corrected chi connectivity index (χ4v) is 2.67. The number of hydrogen-bond donors (Lipinski definition) is 3. The van der Waals surface area contributed by atoms with Gasteiger partial charge in [-0.15, -0.1) is 0 Å². The number of methoxy groups -OCH3 is 1.